The Morgan fingerprint density at radius 1 is 0.938 bits per heavy atom. The van der Waals surface area contributed by atoms with Crippen LogP contribution in [-0.4, -0.2) is 0 Å². The van der Waals surface area contributed by atoms with Crippen molar-refractivity contribution in [1.82, 2.24) is 0 Å². The molecular formula is C13H11Cl2N. The molecule has 0 atom stereocenters. The van der Waals surface area contributed by atoms with Gasteiger partial charge < -0.3 is 5.32 Å². The molecule has 0 bridgehead atoms. The summed E-state index contributed by atoms with van der Waals surface area (Å²) in [4.78, 5) is 0. The smallest absolute Gasteiger partial charge is 0.0455 e. The summed E-state index contributed by atoms with van der Waals surface area (Å²) in [6, 6.07) is 13.4. The first-order valence-corrected chi connectivity index (χ1v) is 5.70. The zero-order valence-electron chi connectivity index (χ0n) is 8.80. The van der Waals surface area contributed by atoms with E-state index in [1.54, 1.807) is 0 Å². The lowest BCUT2D eigenvalue weighted by Gasteiger charge is -2.10. The van der Waals surface area contributed by atoms with Crippen molar-refractivity contribution in [2.24, 2.45) is 0 Å². The van der Waals surface area contributed by atoms with E-state index in [1.807, 2.05) is 49.4 Å². The monoisotopic (exact) mass is 251 g/mol. The molecule has 0 aliphatic carbocycles. The summed E-state index contributed by atoms with van der Waals surface area (Å²) >= 11 is 11.9. The van der Waals surface area contributed by atoms with Gasteiger partial charge in [0.2, 0.25) is 0 Å². The van der Waals surface area contributed by atoms with Gasteiger partial charge in [0.15, 0.2) is 0 Å². The van der Waals surface area contributed by atoms with E-state index in [0.717, 1.165) is 27.0 Å². The Morgan fingerprint density at radius 2 is 1.62 bits per heavy atom. The van der Waals surface area contributed by atoms with Crippen LogP contribution >= 0.6 is 23.2 Å². The Hall–Kier alpha value is -1.18. The first-order chi connectivity index (χ1) is 7.66. The maximum atomic E-state index is 6.04. The number of halogens is 2. The largest absolute Gasteiger partial charge is 0.355 e. The number of hydrogen-bond donors (Lipinski definition) is 1. The van der Waals surface area contributed by atoms with Gasteiger partial charge in [-0.15, -0.1) is 0 Å². The fourth-order valence-electron chi connectivity index (χ4n) is 1.43. The predicted molar refractivity (Wildman–Crippen MR) is 70.9 cm³/mol. The van der Waals surface area contributed by atoms with E-state index in [-0.39, 0.29) is 0 Å². The number of hydrogen-bond acceptors (Lipinski definition) is 1. The molecule has 1 nitrogen and oxygen atoms in total. The van der Waals surface area contributed by atoms with Crippen LogP contribution in [0.5, 0.6) is 0 Å². The molecule has 2 aromatic rings. The van der Waals surface area contributed by atoms with Gasteiger partial charge in [-0.1, -0.05) is 29.3 Å². The topological polar surface area (TPSA) is 12.0 Å². The van der Waals surface area contributed by atoms with Gasteiger partial charge in [-0.2, -0.15) is 0 Å². The molecule has 0 saturated heterocycles. The molecule has 0 heterocycles. The SMILES string of the molecule is Cc1c(Cl)cccc1Nc1ccc(Cl)cc1. The van der Waals surface area contributed by atoms with Crippen molar-refractivity contribution >= 4 is 34.6 Å². The zero-order chi connectivity index (χ0) is 11.5. The van der Waals surface area contributed by atoms with Crippen LogP contribution in [-0.2, 0) is 0 Å². The Balaban J connectivity index is 2.27. The van der Waals surface area contributed by atoms with Gasteiger partial charge in [0.25, 0.3) is 0 Å². The lowest BCUT2D eigenvalue weighted by molar-refractivity contribution is 1.43. The van der Waals surface area contributed by atoms with Crippen LogP contribution in [0.15, 0.2) is 42.5 Å². The lowest BCUT2D eigenvalue weighted by atomic mass is 10.2. The molecule has 2 aromatic carbocycles. The minimum absolute atomic E-state index is 0.730. The van der Waals surface area contributed by atoms with Gasteiger partial charge in [0.05, 0.1) is 0 Å². The van der Waals surface area contributed by atoms with Gasteiger partial charge >= 0.3 is 0 Å². The fraction of sp³-hybridized carbons (Fsp3) is 0.0769. The van der Waals surface area contributed by atoms with Gasteiger partial charge in [-0.25, -0.2) is 0 Å². The molecule has 2 rings (SSSR count). The highest BCUT2D eigenvalue weighted by molar-refractivity contribution is 6.31. The summed E-state index contributed by atoms with van der Waals surface area (Å²) in [6.45, 7) is 1.99. The minimum atomic E-state index is 0.730. The van der Waals surface area contributed by atoms with Crippen LogP contribution in [0.3, 0.4) is 0 Å². The lowest BCUT2D eigenvalue weighted by Crippen LogP contribution is -1.92. The Labute approximate surface area is 105 Å². The summed E-state index contributed by atoms with van der Waals surface area (Å²) in [5.41, 5.74) is 3.05. The predicted octanol–water partition coefficient (Wildman–Crippen LogP) is 5.05. The highest BCUT2D eigenvalue weighted by atomic mass is 35.5. The van der Waals surface area contributed by atoms with Crippen LogP contribution in [0.4, 0.5) is 11.4 Å². The van der Waals surface area contributed by atoms with Gasteiger partial charge in [0.1, 0.15) is 0 Å². The molecule has 16 heavy (non-hydrogen) atoms. The van der Waals surface area contributed by atoms with Gasteiger partial charge in [-0.3, -0.25) is 0 Å². The summed E-state index contributed by atoms with van der Waals surface area (Å²) in [5.74, 6) is 0. The highest BCUT2D eigenvalue weighted by Gasteiger charge is 2.01. The molecule has 82 valence electrons. The molecule has 0 unspecified atom stereocenters. The number of nitrogens with one attached hydrogen (secondary N) is 1. The zero-order valence-corrected chi connectivity index (χ0v) is 10.3. The highest BCUT2D eigenvalue weighted by Crippen LogP contribution is 2.26. The third-order valence-corrected chi connectivity index (χ3v) is 3.05. The molecule has 0 fully saturated rings. The quantitative estimate of drug-likeness (QED) is 0.788. The molecule has 0 saturated carbocycles. The number of rotatable bonds is 2. The van der Waals surface area contributed by atoms with E-state index < -0.39 is 0 Å². The Kier molecular flexibility index (Phi) is 3.37. The van der Waals surface area contributed by atoms with Crippen LogP contribution in [0, 0.1) is 6.92 Å². The van der Waals surface area contributed by atoms with Crippen molar-refractivity contribution in [3.63, 3.8) is 0 Å². The van der Waals surface area contributed by atoms with Crippen molar-refractivity contribution in [1.29, 1.82) is 0 Å². The summed E-state index contributed by atoms with van der Waals surface area (Å²) in [7, 11) is 0. The summed E-state index contributed by atoms with van der Waals surface area (Å²) in [6.07, 6.45) is 0. The van der Waals surface area contributed by atoms with Gasteiger partial charge in [-0.05, 0) is 48.9 Å². The van der Waals surface area contributed by atoms with Crippen molar-refractivity contribution in [2.45, 2.75) is 6.92 Å². The third-order valence-electron chi connectivity index (χ3n) is 2.39. The second-order valence-electron chi connectivity index (χ2n) is 3.54. The van der Waals surface area contributed by atoms with E-state index in [0.29, 0.717) is 0 Å². The van der Waals surface area contributed by atoms with Crippen LogP contribution in [0.2, 0.25) is 10.0 Å². The normalized spacial score (nSPS) is 10.2. The Morgan fingerprint density at radius 3 is 2.31 bits per heavy atom. The van der Waals surface area contributed by atoms with Crippen molar-refractivity contribution in [3.05, 3.63) is 58.1 Å². The molecule has 3 heteroatoms. The first-order valence-electron chi connectivity index (χ1n) is 4.94. The second-order valence-corrected chi connectivity index (χ2v) is 4.39. The van der Waals surface area contributed by atoms with E-state index in [2.05, 4.69) is 5.32 Å². The fourth-order valence-corrected chi connectivity index (χ4v) is 1.73. The standard InChI is InChI=1S/C13H11Cl2N/c1-9-12(15)3-2-4-13(9)16-11-7-5-10(14)6-8-11/h2-8,16H,1H3. The maximum Gasteiger partial charge on any atom is 0.0455 e. The third kappa shape index (κ3) is 2.49. The van der Waals surface area contributed by atoms with Crippen LogP contribution in [0.25, 0.3) is 0 Å². The summed E-state index contributed by atoms with van der Waals surface area (Å²) < 4.78 is 0. The summed E-state index contributed by atoms with van der Waals surface area (Å²) in [5, 5.41) is 4.79. The molecule has 0 aliphatic heterocycles. The average Bonchev–Trinajstić information content (AvgIpc) is 2.28. The van der Waals surface area contributed by atoms with E-state index in [9.17, 15) is 0 Å². The molecule has 0 spiro atoms. The van der Waals surface area contributed by atoms with Gasteiger partial charge in [0, 0.05) is 21.4 Å². The minimum Gasteiger partial charge on any atom is -0.355 e. The van der Waals surface area contributed by atoms with Crippen molar-refractivity contribution in [2.75, 3.05) is 5.32 Å². The molecule has 0 radical (unpaired) electrons. The van der Waals surface area contributed by atoms with Crippen molar-refractivity contribution < 1.29 is 0 Å². The number of anilines is 2. The molecular weight excluding hydrogens is 241 g/mol. The van der Waals surface area contributed by atoms with Crippen LogP contribution in [0.1, 0.15) is 5.56 Å². The molecule has 0 aromatic heterocycles. The number of benzene rings is 2. The Bertz CT molecular complexity index is 492. The van der Waals surface area contributed by atoms with Crippen LogP contribution < -0.4 is 5.32 Å². The van der Waals surface area contributed by atoms with E-state index >= 15 is 0 Å². The molecule has 1 N–H and O–H groups in total. The van der Waals surface area contributed by atoms with E-state index in [1.165, 1.54) is 0 Å². The van der Waals surface area contributed by atoms with E-state index in [4.69, 9.17) is 23.2 Å². The second kappa shape index (κ2) is 4.77. The first kappa shape index (κ1) is 11.3. The average molecular weight is 252 g/mol. The maximum absolute atomic E-state index is 6.04. The molecule has 0 aliphatic rings. The molecule has 0 amide bonds. The van der Waals surface area contributed by atoms with Crippen molar-refractivity contribution in [3.8, 4) is 0 Å².